The third-order valence-electron chi connectivity index (χ3n) is 3.81. The maximum Gasteiger partial charge on any atom is 0.411 e. The molecule has 0 saturated heterocycles. The summed E-state index contributed by atoms with van der Waals surface area (Å²) in [5.41, 5.74) is 18.1. The number of nitrogens with two attached hydrogens (primary N) is 3. The van der Waals surface area contributed by atoms with Crippen LogP contribution in [0.3, 0.4) is 0 Å². The van der Waals surface area contributed by atoms with E-state index >= 15 is 0 Å². The molecule has 3 rings (SSSR count). The minimum atomic E-state index is -0.789. The van der Waals surface area contributed by atoms with Crippen molar-refractivity contribution in [3.05, 3.63) is 58.1 Å². The smallest absolute Gasteiger partial charge is 0.411 e. The first-order valence-electron chi connectivity index (χ1n) is 8.69. The Morgan fingerprint density at radius 2 is 1.97 bits per heavy atom. The Bertz CT molecular complexity index is 1130. The third-order valence-corrected chi connectivity index (χ3v) is 4.58. The molecule has 1 aromatic carbocycles. The predicted octanol–water partition coefficient (Wildman–Crippen LogP) is 1.77. The number of carbonyl (C=O) groups excluding carboxylic acids is 1. The maximum absolute atomic E-state index is 13.9. The summed E-state index contributed by atoms with van der Waals surface area (Å²) in [6.45, 7) is 0.0193. The Hall–Kier alpha value is -4.13. The number of nitrogen functional groups attached to an aromatic ring is 2. The van der Waals surface area contributed by atoms with Crippen molar-refractivity contribution in [2.45, 2.75) is 6.54 Å². The van der Waals surface area contributed by atoms with Crippen LogP contribution >= 0.6 is 11.3 Å². The van der Waals surface area contributed by atoms with E-state index in [1.165, 1.54) is 24.5 Å². The summed E-state index contributed by atoms with van der Waals surface area (Å²) >= 11 is 1.28. The van der Waals surface area contributed by atoms with Gasteiger partial charge in [0.05, 0.1) is 13.7 Å². The Kier molecular flexibility index (Phi) is 6.67. The van der Waals surface area contributed by atoms with Crippen LogP contribution in [-0.2, 0) is 11.3 Å². The fourth-order valence-electron chi connectivity index (χ4n) is 2.33. The minimum Gasteiger partial charge on any atom is -0.453 e. The average Bonchev–Trinajstić information content (AvgIpc) is 3.29. The zero-order chi connectivity index (χ0) is 22.4. The fourth-order valence-corrected chi connectivity index (χ4v) is 2.92. The monoisotopic (exact) mass is 443 g/mol. The van der Waals surface area contributed by atoms with Gasteiger partial charge in [0.25, 0.3) is 0 Å². The normalized spacial score (nSPS) is 11.9. The van der Waals surface area contributed by atoms with E-state index < -0.39 is 6.09 Å². The molecule has 1 amide bonds. The fraction of sp³-hybridized carbons (Fsp3) is 0.111. The molecule has 0 aliphatic carbocycles. The molecule has 0 unspecified atom stereocenters. The first-order valence-corrected chi connectivity index (χ1v) is 9.57. The Balaban J connectivity index is 1.94. The van der Waals surface area contributed by atoms with Crippen molar-refractivity contribution >= 4 is 46.4 Å². The van der Waals surface area contributed by atoms with Gasteiger partial charge in [-0.3, -0.25) is 10.3 Å². The summed E-state index contributed by atoms with van der Waals surface area (Å²) in [6, 6.07) is 6.25. The number of rotatable bonds is 5. The molecule has 2 aromatic heterocycles. The first-order chi connectivity index (χ1) is 14.9. The summed E-state index contributed by atoms with van der Waals surface area (Å²) in [6.07, 6.45) is 0.784. The number of carbonyl (C=O) groups is 1. The number of halogens is 1. The number of benzene rings is 1. The highest BCUT2D eigenvalue weighted by Crippen LogP contribution is 2.22. The molecule has 13 heteroatoms. The summed E-state index contributed by atoms with van der Waals surface area (Å²) < 4.78 is 18.4. The molecule has 0 bridgehead atoms. The predicted molar refractivity (Wildman–Crippen MR) is 116 cm³/mol. The number of aromatic nitrogens is 3. The second kappa shape index (κ2) is 9.58. The zero-order valence-corrected chi connectivity index (χ0v) is 17.1. The first kappa shape index (κ1) is 21.6. The number of nitrogens with one attached hydrogen (secondary N) is 1. The van der Waals surface area contributed by atoms with Crippen LogP contribution in [0.2, 0.25) is 0 Å². The van der Waals surface area contributed by atoms with Crippen LogP contribution in [0.15, 0.2) is 45.8 Å². The van der Waals surface area contributed by atoms with E-state index in [0.29, 0.717) is 10.6 Å². The van der Waals surface area contributed by atoms with Gasteiger partial charge in [-0.05, 0) is 6.07 Å². The number of anilines is 3. The molecule has 31 heavy (non-hydrogen) atoms. The highest BCUT2D eigenvalue weighted by molar-refractivity contribution is 7.11. The highest BCUT2D eigenvalue weighted by Gasteiger charge is 2.16. The van der Waals surface area contributed by atoms with Crippen LogP contribution in [0.1, 0.15) is 16.4 Å². The Morgan fingerprint density at radius 1 is 1.26 bits per heavy atom. The number of hydrogen-bond acceptors (Lipinski definition) is 9. The van der Waals surface area contributed by atoms with Crippen LogP contribution in [0.4, 0.5) is 26.5 Å². The summed E-state index contributed by atoms with van der Waals surface area (Å²) in [5.74, 6) is -0.728. The van der Waals surface area contributed by atoms with Gasteiger partial charge in [0.15, 0.2) is 34.1 Å². The molecule has 0 atom stereocenters. The van der Waals surface area contributed by atoms with Gasteiger partial charge in [0.2, 0.25) is 0 Å². The van der Waals surface area contributed by atoms with Crippen molar-refractivity contribution in [2.75, 3.05) is 23.9 Å². The van der Waals surface area contributed by atoms with Gasteiger partial charge < -0.3 is 21.9 Å². The largest absolute Gasteiger partial charge is 0.453 e. The maximum atomic E-state index is 13.9. The number of aliphatic imine (C=N–C) groups is 2. The van der Waals surface area contributed by atoms with E-state index in [2.05, 4.69) is 35.0 Å². The number of nitrogens with zero attached hydrogens (tertiary/aromatic N) is 5. The van der Waals surface area contributed by atoms with Crippen LogP contribution in [0.25, 0.3) is 0 Å². The minimum absolute atomic E-state index is 0.0169. The SMILES string of the molecule is COC(=O)Nc1c(N)nc(C(N)=NC(=NCc2ccccc2F)c2nccs2)nc1N. The second-order valence-corrected chi connectivity index (χ2v) is 6.77. The van der Waals surface area contributed by atoms with E-state index in [4.69, 9.17) is 17.2 Å². The van der Waals surface area contributed by atoms with Gasteiger partial charge >= 0.3 is 6.09 Å². The molecular formula is C18H18FN9O2S. The molecule has 3 aromatic rings. The van der Waals surface area contributed by atoms with E-state index in [0.717, 1.165) is 0 Å². The molecule has 0 spiro atoms. The lowest BCUT2D eigenvalue weighted by Crippen LogP contribution is -2.23. The quantitative estimate of drug-likeness (QED) is 0.340. The third kappa shape index (κ3) is 5.27. The number of amides is 1. The summed E-state index contributed by atoms with van der Waals surface area (Å²) in [5, 5.41) is 4.51. The van der Waals surface area contributed by atoms with E-state index in [1.54, 1.807) is 29.8 Å². The molecule has 0 fully saturated rings. The molecule has 160 valence electrons. The molecule has 0 aliphatic heterocycles. The van der Waals surface area contributed by atoms with E-state index in [-0.39, 0.29) is 47.2 Å². The number of thiazole rings is 1. The van der Waals surface area contributed by atoms with Crippen molar-refractivity contribution in [1.29, 1.82) is 0 Å². The number of amidine groups is 2. The van der Waals surface area contributed by atoms with Gasteiger partial charge in [-0.2, -0.15) is 0 Å². The lowest BCUT2D eigenvalue weighted by molar-refractivity contribution is 0.187. The van der Waals surface area contributed by atoms with Gasteiger partial charge in [0.1, 0.15) is 11.5 Å². The van der Waals surface area contributed by atoms with Crippen LogP contribution < -0.4 is 22.5 Å². The van der Waals surface area contributed by atoms with Gasteiger partial charge in [-0.1, -0.05) is 18.2 Å². The van der Waals surface area contributed by atoms with Crippen LogP contribution in [0.5, 0.6) is 0 Å². The van der Waals surface area contributed by atoms with Gasteiger partial charge in [-0.25, -0.2) is 29.1 Å². The zero-order valence-electron chi connectivity index (χ0n) is 16.2. The van der Waals surface area contributed by atoms with E-state index in [9.17, 15) is 9.18 Å². The lowest BCUT2D eigenvalue weighted by atomic mass is 10.2. The molecule has 7 N–H and O–H groups in total. The molecule has 0 aliphatic rings. The molecular weight excluding hydrogens is 425 g/mol. The topological polar surface area (TPSA) is 180 Å². The number of methoxy groups -OCH3 is 1. The number of hydrogen-bond donors (Lipinski definition) is 4. The van der Waals surface area contributed by atoms with Crippen LogP contribution in [0, 0.1) is 5.82 Å². The second-order valence-electron chi connectivity index (χ2n) is 5.87. The van der Waals surface area contributed by atoms with Gasteiger partial charge in [-0.15, -0.1) is 11.3 Å². The van der Waals surface area contributed by atoms with Crippen molar-refractivity contribution < 1.29 is 13.9 Å². The lowest BCUT2D eigenvalue weighted by Gasteiger charge is -2.10. The Morgan fingerprint density at radius 3 is 2.58 bits per heavy atom. The number of ether oxygens (including phenoxy) is 1. The standard InChI is InChI=1S/C18H18FN9O2S/c1-30-18(29)25-11-12(20)26-15(27-13(11)21)14(22)28-16(17-23-6-7-31-17)24-8-9-4-2-3-5-10(9)19/h2-7H,8H2,1H3,(H,25,29)(H2,22,24,28)(H4,20,21,26,27). The van der Waals surface area contributed by atoms with Crippen molar-refractivity contribution in [2.24, 2.45) is 15.7 Å². The average molecular weight is 443 g/mol. The van der Waals surface area contributed by atoms with Gasteiger partial charge in [0, 0.05) is 17.1 Å². The Labute approximate surface area is 179 Å². The van der Waals surface area contributed by atoms with Crippen molar-refractivity contribution in [1.82, 2.24) is 15.0 Å². The van der Waals surface area contributed by atoms with Crippen LogP contribution in [-0.4, -0.2) is 39.8 Å². The van der Waals surface area contributed by atoms with E-state index in [1.807, 2.05) is 0 Å². The van der Waals surface area contributed by atoms with Crippen molar-refractivity contribution in [3.63, 3.8) is 0 Å². The molecule has 0 saturated carbocycles. The molecule has 11 nitrogen and oxygen atoms in total. The van der Waals surface area contributed by atoms with Crippen molar-refractivity contribution in [3.8, 4) is 0 Å². The molecule has 0 radical (unpaired) electrons. The summed E-state index contributed by atoms with van der Waals surface area (Å²) in [7, 11) is 1.18. The summed E-state index contributed by atoms with van der Waals surface area (Å²) in [4.78, 5) is 32.2. The molecule has 2 heterocycles. The highest BCUT2D eigenvalue weighted by atomic mass is 32.1.